The number of carbonyl (C=O) groups excluding carboxylic acids is 3. The van der Waals surface area contributed by atoms with E-state index in [1.54, 1.807) is 33.9 Å². The van der Waals surface area contributed by atoms with Gasteiger partial charge in [0.15, 0.2) is 17.7 Å². The molecule has 4 heterocycles. The summed E-state index contributed by atoms with van der Waals surface area (Å²) in [5, 5.41) is 18.4. The van der Waals surface area contributed by atoms with Crippen molar-refractivity contribution in [2.45, 2.75) is 140 Å². The normalized spacial score (nSPS) is 40.0. The number of halogens is 1. The number of nitrogens with two attached hydrogens (primary N) is 1. The van der Waals surface area contributed by atoms with Gasteiger partial charge >= 0.3 is 12.1 Å². The van der Waals surface area contributed by atoms with E-state index in [9.17, 15) is 19.5 Å². The van der Waals surface area contributed by atoms with E-state index in [0.29, 0.717) is 13.0 Å². The molecule has 1 aromatic carbocycles. The Balaban J connectivity index is 1.53. The number of amides is 1. The van der Waals surface area contributed by atoms with Gasteiger partial charge in [0.2, 0.25) is 0 Å². The summed E-state index contributed by atoms with van der Waals surface area (Å²) >= 11 is 0. The SMILES string of the molecule is CC[C@H]1OC(=O)C(C)(F)C(=O)[C@H](C)[C@@H](O[C@@H]2OC(C)CC(N)C2O)[C@](C)(OC/C=C/c2cnc3ccccc3c2)C[C@@H](C)CN[C@H](C)[C@H]2NC(=O)O[C@@]21C. The molecule has 13 nitrogen and oxygen atoms in total. The number of cyclic esters (lactones) is 1. The van der Waals surface area contributed by atoms with Gasteiger partial charge in [0.05, 0.1) is 36.0 Å². The van der Waals surface area contributed by atoms with Gasteiger partial charge in [-0.15, -0.1) is 0 Å². The highest BCUT2D eigenvalue weighted by molar-refractivity contribution is 6.07. The Kier molecular flexibility index (Phi) is 12.9. The van der Waals surface area contributed by atoms with E-state index in [-0.39, 0.29) is 37.5 Å². The van der Waals surface area contributed by atoms with E-state index in [1.165, 1.54) is 6.92 Å². The average Bonchev–Trinajstić information content (AvgIpc) is 3.45. The molecule has 1 amide bonds. The second-order valence-electron chi connectivity index (χ2n) is 15.9. The Morgan fingerprint density at radius 2 is 1.85 bits per heavy atom. The molecule has 54 heavy (non-hydrogen) atoms. The second-order valence-corrected chi connectivity index (χ2v) is 15.9. The zero-order chi connectivity index (χ0) is 39.6. The number of alkyl halides is 1. The lowest BCUT2D eigenvalue weighted by Gasteiger charge is -2.46. The van der Waals surface area contributed by atoms with Gasteiger partial charge in [-0.25, -0.2) is 14.0 Å². The number of benzene rings is 1. The highest BCUT2D eigenvalue weighted by Gasteiger charge is 2.58. The van der Waals surface area contributed by atoms with Crippen LogP contribution in [0.15, 0.2) is 42.6 Å². The van der Waals surface area contributed by atoms with Crippen LogP contribution in [0, 0.1) is 11.8 Å². The summed E-state index contributed by atoms with van der Waals surface area (Å²) in [6.07, 6.45) is 0.334. The number of alkyl carbamates (subject to hydrolysis) is 1. The Bertz CT molecular complexity index is 1690. The molecule has 4 unspecified atom stereocenters. The van der Waals surface area contributed by atoms with E-state index in [2.05, 4.69) is 15.6 Å². The van der Waals surface area contributed by atoms with Crippen molar-refractivity contribution in [3.63, 3.8) is 0 Å². The van der Waals surface area contributed by atoms with Gasteiger partial charge in [0, 0.05) is 29.6 Å². The maximum Gasteiger partial charge on any atom is 0.408 e. The molecule has 0 saturated carbocycles. The number of ketones is 1. The minimum Gasteiger partial charge on any atom is -0.455 e. The largest absolute Gasteiger partial charge is 0.455 e. The van der Waals surface area contributed by atoms with Crippen molar-refractivity contribution in [2.75, 3.05) is 13.2 Å². The van der Waals surface area contributed by atoms with Crippen LogP contribution in [0.25, 0.3) is 17.0 Å². The molecule has 5 rings (SSSR count). The smallest absolute Gasteiger partial charge is 0.408 e. The number of hydrogen-bond donors (Lipinski definition) is 4. The van der Waals surface area contributed by atoms with Gasteiger partial charge in [0.25, 0.3) is 5.67 Å². The molecule has 298 valence electrons. The Hall–Kier alpha value is -3.53. The highest BCUT2D eigenvalue weighted by Crippen LogP contribution is 2.39. The van der Waals surface area contributed by atoms with E-state index >= 15 is 4.39 Å². The Labute approximate surface area is 316 Å². The fraction of sp³-hybridized carbons (Fsp3) is 0.650. The summed E-state index contributed by atoms with van der Waals surface area (Å²) in [6, 6.07) is 8.05. The summed E-state index contributed by atoms with van der Waals surface area (Å²) in [4.78, 5) is 45.1. The van der Waals surface area contributed by atoms with E-state index in [1.807, 2.05) is 56.3 Å². The lowest BCUT2D eigenvalue weighted by Crippen LogP contribution is -2.60. The van der Waals surface area contributed by atoms with Crippen molar-refractivity contribution in [1.82, 2.24) is 15.6 Å². The topological polar surface area (TPSA) is 181 Å². The molecule has 3 aliphatic rings. The van der Waals surface area contributed by atoms with Crippen LogP contribution in [0.4, 0.5) is 9.18 Å². The van der Waals surface area contributed by atoms with Crippen molar-refractivity contribution in [3.05, 3.63) is 48.2 Å². The number of rotatable bonds is 7. The zero-order valence-electron chi connectivity index (χ0n) is 32.5. The first-order valence-electron chi connectivity index (χ1n) is 19.0. The molecule has 13 atom stereocenters. The van der Waals surface area contributed by atoms with Crippen LogP contribution in [0.2, 0.25) is 0 Å². The number of Topliss-reactive ketones (excluding diaryl/α,β-unsaturated/α-hetero) is 1. The zero-order valence-corrected chi connectivity index (χ0v) is 32.5. The first kappa shape index (κ1) is 41.6. The molecule has 3 fully saturated rings. The van der Waals surface area contributed by atoms with Gasteiger partial charge in [-0.2, -0.15) is 0 Å². The molecule has 0 spiro atoms. The molecule has 14 heteroatoms. The van der Waals surface area contributed by atoms with E-state index < -0.39 is 77.3 Å². The van der Waals surface area contributed by atoms with Crippen molar-refractivity contribution in [1.29, 1.82) is 0 Å². The number of esters is 1. The van der Waals surface area contributed by atoms with Crippen LogP contribution in [0.5, 0.6) is 0 Å². The average molecular weight is 757 g/mol. The van der Waals surface area contributed by atoms with Crippen LogP contribution < -0.4 is 16.4 Å². The quantitative estimate of drug-likeness (QED) is 0.232. The second kappa shape index (κ2) is 16.7. The monoisotopic (exact) mass is 756 g/mol. The van der Waals surface area contributed by atoms with E-state index in [0.717, 1.165) is 23.4 Å². The maximum atomic E-state index is 16.8. The molecule has 5 N–H and O–H groups in total. The number of aliphatic hydroxyl groups is 1. The van der Waals surface area contributed by atoms with Gasteiger partial charge in [0.1, 0.15) is 12.2 Å². The fourth-order valence-electron chi connectivity index (χ4n) is 8.23. The molecule has 3 aliphatic heterocycles. The molecule has 2 aromatic rings. The van der Waals surface area contributed by atoms with Crippen molar-refractivity contribution in [3.8, 4) is 0 Å². The first-order valence-corrected chi connectivity index (χ1v) is 19.0. The molecule has 0 bridgehead atoms. The number of pyridine rings is 1. The molecule has 0 aliphatic carbocycles. The van der Waals surface area contributed by atoms with Gasteiger partial charge in [-0.3, -0.25) is 9.78 Å². The molecule has 3 saturated heterocycles. The van der Waals surface area contributed by atoms with Gasteiger partial charge in [-0.1, -0.05) is 51.1 Å². The number of nitrogens with one attached hydrogen (secondary N) is 2. The number of ether oxygens (including phenoxy) is 5. The highest BCUT2D eigenvalue weighted by atomic mass is 19.1. The van der Waals surface area contributed by atoms with Crippen molar-refractivity contribution >= 4 is 34.8 Å². The third-order valence-corrected chi connectivity index (χ3v) is 11.2. The predicted molar refractivity (Wildman–Crippen MR) is 200 cm³/mol. The summed E-state index contributed by atoms with van der Waals surface area (Å²) < 4.78 is 47.4. The van der Waals surface area contributed by atoms with E-state index in [4.69, 9.17) is 29.4 Å². The van der Waals surface area contributed by atoms with Crippen LogP contribution in [0.3, 0.4) is 0 Å². The number of fused-ring (bicyclic) bond motifs is 2. The lowest BCUT2D eigenvalue weighted by molar-refractivity contribution is -0.290. The Morgan fingerprint density at radius 3 is 2.57 bits per heavy atom. The number of para-hydroxylation sites is 1. The minimum atomic E-state index is -3.15. The predicted octanol–water partition coefficient (Wildman–Crippen LogP) is 4.37. The third kappa shape index (κ3) is 8.79. The van der Waals surface area contributed by atoms with Crippen LogP contribution >= 0.6 is 0 Å². The van der Waals surface area contributed by atoms with Crippen LogP contribution in [0.1, 0.15) is 80.2 Å². The number of carbonyl (C=O) groups is 3. The number of aromatic nitrogens is 1. The summed E-state index contributed by atoms with van der Waals surface area (Å²) in [5.74, 6) is -4.01. The van der Waals surface area contributed by atoms with Crippen LogP contribution in [-0.4, -0.2) is 107 Å². The van der Waals surface area contributed by atoms with Crippen molar-refractivity contribution in [2.24, 2.45) is 17.6 Å². The fourth-order valence-corrected chi connectivity index (χ4v) is 8.23. The lowest BCUT2D eigenvalue weighted by atomic mass is 9.77. The van der Waals surface area contributed by atoms with Gasteiger partial charge in [-0.05, 0) is 84.0 Å². The molecule has 1 aromatic heterocycles. The van der Waals surface area contributed by atoms with Gasteiger partial charge < -0.3 is 45.2 Å². The molecular weight excluding hydrogens is 699 g/mol. The molecular formula is C40H57FN4O9. The molecule has 0 radical (unpaired) electrons. The summed E-state index contributed by atoms with van der Waals surface area (Å²) in [6.45, 7) is 13.6. The van der Waals surface area contributed by atoms with Crippen molar-refractivity contribution < 1.29 is 47.6 Å². The number of nitrogens with zero attached hydrogens (tertiary/aromatic N) is 1. The summed E-state index contributed by atoms with van der Waals surface area (Å²) in [7, 11) is 0. The number of aliphatic hydroxyl groups excluding tert-OH is 1. The Morgan fingerprint density at radius 1 is 1.13 bits per heavy atom. The standard InChI is InChI=1S/C40H57FN4O9/c1-9-30-40(8)32(45-37(49)54-40)25(5)43-20-22(2)19-38(6,50-16-12-13-26-18-27-14-10-11-15-29(27)44-21-26)34(24(4)33(47)39(7,41)36(48)52-30)53-35-31(46)28(42)17-23(3)51-35/h10-15,18,21-25,28,30-32,34-35,43,46H,9,16-17,19-20,42H2,1-8H3,(H,45,49)/b13-12+/t22-,23?,24+,25-,28?,30-,31?,32-,34-,35+,38-,39?,40-/m1/s1. The first-order chi connectivity index (χ1) is 25.4. The number of hydrogen-bond acceptors (Lipinski definition) is 12. The summed E-state index contributed by atoms with van der Waals surface area (Å²) in [5.41, 5.74) is 2.13. The third-order valence-electron chi connectivity index (χ3n) is 11.2. The maximum absolute atomic E-state index is 16.8. The van der Waals surface area contributed by atoms with Crippen LogP contribution in [-0.2, 0) is 33.3 Å². The minimum absolute atomic E-state index is 0.0571.